The van der Waals surface area contributed by atoms with Gasteiger partial charge in [0.15, 0.2) is 0 Å². The van der Waals surface area contributed by atoms with Gasteiger partial charge in [-0.05, 0) is 54.9 Å². The first-order valence-corrected chi connectivity index (χ1v) is 7.36. The Morgan fingerprint density at radius 3 is 2.62 bits per heavy atom. The van der Waals surface area contributed by atoms with Crippen molar-refractivity contribution >= 4 is 31.9 Å². The summed E-state index contributed by atoms with van der Waals surface area (Å²) in [5.41, 5.74) is 1.10. The lowest BCUT2D eigenvalue weighted by Gasteiger charge is -2.17. The Morgan fingerprint density at radius 2 is 2.06 bits per heavy atom. The standard InChI is InChI=1S/C13H15Br2F/c1-8-10(2-3-13(8)15)4-9-5-11(14)7-12(16)6-9/h5-8,10,13H,2-4H2,1H3. The molecule has 1 aromatic rings. The number of hydrogen-bond donors (Lipinski definition) is 0. The summed E-state index contributed by atoms with van der Waals surface area (Å²) >= 11 is 7.04. The Kier molecular flexibility index (Phi) is 4.06. The van der Waals surface area contributed by atoms with Crippen molar-refractivity contribution < 1.29 is 4.39 Å². The fourth-order valence-electron chi connectivity index (χ4n) is 2.51. The molecule has 1 aliphatic rings. The normalized spacial score (nSPS) is 29.6. The first-order valence-electron chi connectivity index (χ1n) is 5.65. The van der Waals surface area contributed by atoms with E-state index in [2.05, 4.69) is 38.8 Å². The highest BCUT2D eigenvalue weighted by molar-refractivity contribution is 9.10. The largest absolute Gasteiger partial charge is 0.207 e. The van der Waals surface area contributed by atoms with Crippen LogP contribution in [0.5, 0.6) is 0 Å². The van der Waals surface area contributed by atoms with Gasteiger partial charge in [-0.15, -0.1) is 0 Å². The highest BCUT2D eigenvalue weighted by Crippen LogP contribution is 2.38. The van der Waals surface area contributed by atoms with Gasteiger partial charge in [-0.2, -0.15) is 0 Å². The third-order valence-corrected chi connectivity index (χ3v) is 5.30. The van der Waals surface area contributed by atoms with Crippen molar-refractivity contribution in [1.29, 1.82) is 0 Å². The van der Waals surface area contributed by atoms with Gasteiger partial charge in [0, 0.05) is 9.30 Å². The van der Waals surface area contributed by atoms with Crippen molar-refractivity contribution in [2.24, 2.45) is 11.8 Å². The van der Waals surface area contributed by atoms with Crippen LogP contribution in [0.3, 0.4) is 0 Å². The van der Waals surface area contributed by atoms with E-state index in [1.165, 1.54) is 18.9 Å². The summed E-state index contributed by atoms with van der Waals surface area (Å²) in [6.45, 7) is 2.28. The maximum atomic E-state index is 13.2. The second-order valence-corrected chi connectivity index (χ2v) is 6.79. The van der Waals surface area contributed by atoms with Crippen molar-refractivity contribution in [2.75, 3.05) is 0 Å². The first kappa shape index (κ1) is 12.6. The fourth-order valence-corrected chi connectivity index (χ4v) is 3.72. The Hall–Kier alpha value is 0.110. The third kappa shape index (κ3) is 2.86. The molecule has 0 bridgehead atoms. The minimum absolute atomic E-state index is 0.148. The van der Waals surface area contributed by atoms with Crippen LogP contribution in [0.2, 0.25) is 0 Å². The molecule has 16 heavy (non-hydrogen) atoms. The molecule has 0 heterocycles. The second kappa shape index (κ2) is 5.18. The van der Waals surface area contributed by atoms with Crippen molar-refractivity contribution in [1.82, 2.24) is 0 Å². The maximum absolute atomic E-state index is 13.2. The molecule has 3 atom stereocenters. The fraction of sp³-hybridized carbons (Fsp3) is 0.538. The van der Waals surface area contributed by atoms with Gasteiger partial charge >= 0.3 is 0 Å². The van der Waals surface area contributed by atoms with Crippen LogP contribution in [0.15, 0.2) is 22.7 Å². The lowest BCUT2D eigenvalue weighted by molar-refractivity contribution is 0.422. The molecule has 1 fully saturated rings. The van der Waals surface area contributed by atoms with Gasteiger partial charge < -0.3 is 0 Å². The monoisotopic (exact) mass is 348 g/mol. The van der Waals surface area contributed by atoms with E-state index in [4.69, 9.17) is 0 Å². The third-order valence-electron chi connectivity index (χ3n) is 3.55. The molecule has 0 aromatic heterocycles. The van der Waals surface area contributed by atoms with Crippen molar-refractivity contribution in [3.05, 3.63) is 34.1 Å². The molecule has 0 spiro atoms. The van der Waals surface area contributed by atoms with E-state index in [9.17, 15) is 4.39 Å². The van der Waals surface area contributed by atoms with Crippen LogP contribution >= 0.6 is 31.9 Å². The van der Waals surface area contributed by atoms with Gasteiger partial charge in [-0.25, -0.2) is 4.39 Å². The van der Waals surface area contributed by atoms with Gasteiger partial charge in [0.05, 0.1) is 0 Å². The predicted molar refractivity (Wildman–Crippen MR) is 72.4 cm³/mol. The molecule has 0 saturated heterocycles. The van der Waals surface area contributed by atoms with Crippen LogP contribution in [0.25, 0.3) is 0 Å². The van der Waals surface area contributed by atoms with Gasteiger partial charge in [0.25, 0.3) is 0 Å². The lowest BCUT2D eigenvalue weighted by atomic mass is 9.91. The molecular formula is C13H15Br2F. The van der Waals surface area contributed by atoms with E-state index in [-0.39, 0.29) is 5.82 Å². The van der Waals surface area contributed by atoms with Gasteiger partial charge in [0.1, 0.15) is 5.82 Å². The summed E-state index contributed by atoms with van der Waals surface area (Å²) in [7, 11) is 0. The Labute approximate surface area is 113 Å². The average Bonchev–Trinajstić information content (AvgIpc) is 2.48. The van der Waals surface area contributed by atoms with Gasteiger partial charge in [0.2, 0.25) is 0 Å². The highest BCUT2D eigenvalue weighted by atomic mass is 79.9. The van der Waals surface area contributed by atoms with E-state index in [1.54, 1.807) is 6.07 Å². The van der Waals surface area contributed by atoms with E-state index in [1.807, 2.05) is 6.07 Å². The summed E-state index contributed by atoms with van der Waals surface area (Å²) in [6, 6.07) is 5.19. The molecule has 1 aromatic carbocycles. The molecular weight excluding hydrogens is 335 g/mol. The number of halogens is 3. The summed E-state index contributed by atoms with van der Waals surface area (Å²) in [5, 5.41) is 0. The molecule has 88 valence electrons. The predicted octanol–water partition coefficient (Wildman–Crippen LogP) is 4.94. The molecule has 0 nitrogen and oxygen atoms in total. The summed E-state index contributed by atoms with van der Waals surface area (Å²) < 4.78 is 14.1. The second-order valence-electron chi connectivity index (χ2n) is 4.69. The van der Waals surface area contributed by atoms with Gasteiger partial charge in [-0.1, -0.05) is 38.8 Å². The Balaban J connectivity index is 2.09. The number of hydrogen-bond acceptors (Lipinski definition) is 0. The molecule has 3 unspecified atom stereocenters. The van der Waals surface area contributed by atoms with E-state index >= 15 is 0 Å². The molecule has 3 heteroatoms. The zero-order valence-electron chi connectivity index (χ0n) is 9.22. The van der Waals surface area contributed by atoms with Crippen LogP contribution in [0.1, 0.15) is 25.3 Å². The Bertz CT molecular complexity index is 358. The van der Waals surface area contributed by atoms with Crippen LogP contribution in [0.4, 0.5) is 4.39 Å². The minimum atomic E-state index is -0.148. The number of benzene rings is 1. The SMILES string of the molecule is CC1C(Br)CCC1Cc1cc(F)cc(Br)c1. The van der Waals surface area contributed by atoms with Crippen LogP contribution < -0.4 is 0 Å². The zero-order valence-corrected chi connectivity index (χ0v) is 12.4. The average molecular weight is 350 g/mol. The van der Waals surface area contributed by atoms with Crippen LogP contribution in [-0.2, 0) is 6.42 Å². The van der Waals surface area contributed by atoms with E-state index < -0.39 is 0 Å². The van der Waals surface area contributed by atoms with E-state index in [0.29, 0.717) is 16.7 Å². The minimum Gasteiger partial charge on any atom is -0.207 e. The summed E-state index contributed by atoms with van der Waals surface area (Å²) in [6.07, 6.45) is 3.47. The lowest BCUT2D eigenvalue weighted by Crippen LogP contribution is -2.13. The quantitative estimate of drug-likeness (QED) is 0.663. The molecule has 0 aliphatic heterocycles. The molecule has 0 radical (unpaired) electrons. The topological polar surface area (TPSA) is 0 Å². The summed E-state index contributed by atoms with van der Waals surface area (Å²) in [5.74, 6) is 1.21. The number of rotatable bonds is 2. The zero-order chi connectivity index (χ0) is 11.7. The van der Waals surface area contributed by atoms with Gasteiger partial charge in [-0.3, -0.25) is 0 Å². The van der Waals surface area contributed by atoms with Crippen molar-refractivity contribution in [3.8, 4) is 0 Å². The molecule has 0 amide bonds. The first-order chi connectivity index (χ1) is 7.56. The van der Waals surface area contributed by atoms with Crippen molar-refractivity contribution in [2.45, 2.75) is 31.0 Å². The van der Waals surface area contributed by atoms with Crippen molar-refractivity contribution in [3.63, 3.8) is 0 Å². The van der Waals surface area contributed by atoms with Crippen LogP contribution in [0, 0.1) is 17.7 Å². The molecule has 1 aliphatic carbocycles. The maximum Gasteiger partial charge on any atom is 0.124 e. The molecule has 1 saturated carbocycles. The highest BCUT2D eigenvalue weighted by Gasteiger charge is 2.30. The molecule has 2 rings (SSSR count). The molecule has 0 N–H and O–H groups in total. The van der Waals surface area contributed by atoms with E-state index in [0.717, 1.165) is 16.5 Å². The summed E-state index contributed by atoms with van der Waals surface area (Å²) in [4.78, 5) is 0.634. The Morgan fingerprint density at radius 1 is 1.31 bits per heavy atom. The smallest absolute Gasteiger partial charge is 0.124 e. The number of alkyl halides is 1. The van der Waals surface area contributed by atoms with Crippen LogP contribution in [-0.4, -0.2) is 4.83 Å².